The number of nitrogens with one attached hydrogen (secondary N) is 1. The zero-order chi connectivity index (χ0) is 10.4. The molecule has 0 aliphatic heterocycles. The predicted molar refractivity (Wildman–Crippen MR) is 54.5 cm³/mol. The number of pyridine rings is 1. The van der Waals surface area contributed by atoms with Crippen LogP contribution in [0.1, 0.15) is 5.69 Å². The summed E-state index contributed by atoms with van der Waals surface area (Å²) in [7, 11) is 3.94. The second-order valence-corrected chi connectivity index (χ2v) is 3.31. The van der Waals surface area contributed by atoms with E-state index in [1.54, 1.807) is 6.07 Å². The van der Waals surface area contributed by atoms with Crippen molar-refractivity contribution in [3.8, 4) is 0 Å². The molecule has 0 atom stereocenters. The third-order valence-electron chi connectivity index (χ3n) is 1.96. The molecule has 1 aromatic heterocycles. The van der Waals surface area contributed by atoms with Crippen molar-refractivity contribution < 1.29 is 4.39 Å². The van der Waals surface area contributed by atoms with Crippen molar-refractivity contribution in [3.63, 3.8) is 0 Å². The first-order valence-corrected chi connectivity index (χ1v) is 4.66. The van der Waals surface area contributed by atoms with Gasteiger partial charge in [0.1, 0.15) is 5.82 Å². The maximum Gasteiger partial charge on any atom is 0.141 e. The third kappa shape index (κ3) is 3.81. The number of hydrogen-bond donors (Lipinski definition) is 1. The second kappa shape index (κ2) is 5.67. The summed E-state index contributed by atoms with van der Waals surface area (Å²) < 4.78 is 12.5. The Hall–Kier alpha value is -1.00. The zero-order valence-electron chi connectivity index (χ0n) is 8.63. The SMILES string of the molecule is CNCCN(C)Cc1ccc(F)cn1. The van der Waals surface area contributed by atoms with E-state index in [1.807, 2.05) is 14.1 Å². The Kier molecular flexibility index (Phi) is 4.49. The molecule has 14 heavy (non-hydrogen) atoms. The molecule has 0 aliphatic rings. The van der Waals surface area contributed by atoms with Gasteiger partial charge in [-0.25, -0.2) is 4.39 Å². The Bertz CT molecular complexity index is 261. The molecule has 0 aromatic carbocycles. The molecule has 0 amide bonds. The number of nitrogens with zero attached hydrogens (tertiary/aromatic N) is 2. The largest absolute Gasteiger partial charge is 0.318 e. The average molecular weight is 197 g/mol. The lowest BCUT2D eigenvalue weighted by Gasteiger charge is -2.15. The molecule has 0 saturated heterocycles. The van der Waals surface area contributed by atoms with Crippen LogP contribution in [0.2, 0.25) is 0 Å². The van der Waals surface area contributed by atoms with E-state index in [1.165, 1.54) is 12.3 Å². The standard InChI is InChI=1S/C10H16FN3/c1-12-5-6-14(2)8-10-4-3-9(11)7-13-10/h3-4,7,12H,5-6,8H2,1-2H3. The smallest absolute Gasteiger partial charge is 0.141 e. The van der Waals surface area contributed by atoms with Gasteiger partial charge in [-0.15, -0.1) is 0 Å². The van der Waals surface area contributed by atoms with Crippen LogP contribution in [0.5, 0.6) is 0 Å². The summed E-state index contributed by atoms with van der Waals surface area (Å²) in [4.78, 5) is 6.12. The van der Waals surface area contributed by atoms with Gasteiger partial charge in [-0.2, -0.15) is 0 Å². The van der Waals surface area contributed by atoms with Crippen LogP contribution in [-0.2, 0) is 6.54 Å². The fourth-order valence-corrected chi connectivity index (χ4v) is 1.16. The minimum absolute atomic E-state index is 0.286. The van der Waals surface area contributed by atoms with Gasteiger partial charge in [0.05, 0.1) is 11.9 Å². The molecule has 0 aliphatic carbocycles. The molecule has 0 saturated carbocycles. The minimum Gasteiger partial charge on any atom is -0.318 e. The minimum atomic E-state index is -0.286. The molecular weight excluding hydrogens is 181 g/mol. The highest BCUT2D eigenvalue weighted by atomic mass is 19.1. The normalized spacial score (nSPS) is 10.9. The number of rotatable bonds is 5. The number of likely N-dealkylation sites (N-methyl/N-ethyl adjacent to an activating group) is 2. The summed E-state index contributed by atoms with van der Waals surface area (Å²) in [6, 6.07) is 3.15. The average Bonchev–Trinajstić information content (AvgIpc) is 2.18. The number of halogens is 1. The molecule has 0 bridgehead atoms. The Labute approximate surface area is 84.0 Å². The summed E-state index contributed by atoms with van der Waals surface area (Å²) >= 11 is 0. The summed E-state index contributed by atoms with van der Waals surface area (Å²) in [6.45, 7) is 2.65. The van der Waals surface area contributed by atoms with E-state index in [4.69, 9.17) is 0 Å². The van der Waals surface area contributed by atoms with Crippen LogP contribution in [0.3, 0.4) is 0 Å². The lowest BCUT2D eigenvalue weighted by atomic mass is 10.3. The molecule has 0 radical (unpaired) electrons. The van der Waals surface area contributed by atoms with Crippen molar-refractivity contribution in [1.29, 1.82) is 0 Å². The fraction of sp³-hybridized carbons (Fsp3) is 0.500. The van der Waals surface area contributed by atoms with Crippen LogP contribution < -0.4 is 5.32 Å². The highest BCUT2D eigenvalue weighted by molar-refractivity contribution is 5.04. The number of aromatic nitrogens is 1. The van der Waals surface area contributed by atoms with Crippen LogP contribution >= 0.6 is 0 Å². The molecule has 0 spiro atoms. The van der Waals surface area contributed by atoms with Gasteiger partial charge in [-0.1, -0.05) is 0 Å². The summed E-state index contributed by atoms with van der Waals surface area (Å²) in [5.41, 5.74) is 0.894. The van der Waals surface area contributed by atoms with Crippen LogP contribution in [0.15, 0.2) is 18.3 Å². The van der Waals surface area contributed by atoms with Crippen molar-refractivity contribution in [2.45, 2.75) is 6.54 Å². The Morgan fingerprint density at radius 2 is 2.29 bits per heavy atom. The first kappa shape index (κ1) is 11.1. The molecular formula is C10H16FN3. The van der Waals surface area contributed by atoms with Crippen molar-refractivity contribution in [1.82, 2.24) is 15.2 Å². The molecule has 1 aromatic rings. The van der Waals surface area contributed by atoms with Crippen molar-refractivity contribution >= 4 is 0 Å². The van der Waals surface area contributed by atoms with Crippen LogP contribution in [0.25, 0.3) is 0 Å². The van der Waals surface area contributed by atoms with Crippen LogP contribution in [0.4, 0.5) is 4.39 Å². The molecule has 0 unspecified atom stereocenters. The topological polar surface area (TPSA) is 28.2 Å². The second-order valence-electron chi connectivity index (χ2n) is 3.31. The molecule has 3 nitrogen and oxygen atoms in total. The summed E-state index contributed by atoms with van der Waals surface area (Å²) in [5.74, 6) is -0.286. The Morgan fingerprint density at radius 1 is 1.50 bits per heavy atom. The maximum absolute atomic E-state index is 12.5. The molecule has 1 heterocycles. The predicted octanol–water partition coefficient (Wildman–Crippen LogP) is 0.872. The van der Waals surface area contributed by atoms with E-state index >= 15 is 0 Å². The fourth-order valence-electron chi connectivity index (χ4n) is 1.16. The van der Waals surface area contributed by atoms with E-state index in [9.17, 15) is 4.39 Å². The van der Waals surface area contributed by atoms with Gasteiger partial charge in [0, 0.05) is 19.6 Å². The molecule has 1 rings (SSSR count). The quantitative estimate of drug-likeness (QED) is 0.759. The first-order valence-electron chi connectivity index (χ1n) is 4.66. The van der Waals surface area contributed by atoms with Gasteiger partial charge in [0.2, 0.25) is 0 Å². The Morgan fingerprint density at radius 3 is 2.86 bits per heavy atom. The van der Waals surface area contributed by atoms with Gasteiger partial charge in [-0.05, 0) is 26.2 Å². The summed E-state index contributed by atoms with van der Waals surface area (Å²) in [5, 5.41) is 3.07. The molecule has 0 fully saturated rings. The lowest BCUT2D eigenvalue weighted by molar-refractivity contribution is 0.324. The zero-order valence-corrected chi connectivity index (χ0v) is 8.63. The van der Waals surface area contributed by atoms with Gasteiger partial charge in [0.15, 0.2) is 0 Å². The van der Waals surface area contributed by atoms with E-state index in [0.29, 0.717) is 0 Å². The maximum atomic E-state index is 12.5. The van der Waals surface area contributed by atoms with Gasteiger partial charge < -0.3 is 5.32 Å². The van der Waals surface area contributed by atoms with Crippen molar-refractivity contribution in [2.75, 3.05) is 27.2 Å². The van der Waals surface area contributed by atoms with E-state index in [-0.39, 0.29) is 5.82 Å². The highest BCUT2D eigenvalue weighted by Gasteiger charge is 2.00. The summed E-state index contributed by atoms with van der Waals surface area (Å²) in [6.07, 6.45) is 1.25. The monoisotopic (exact) mass is 197 g/mol. The molecule has 4 heteroatoms. The molecule has 1 N–H and O–H groups in total. The van der Waals surface area contributed by atoms with E-state index < -0.39 is 0 Å². The van der Waals surface area contributed by atoms with E-state index in [0.717, 1.165) is 25.3 Å². The lowest BCUT2D eigenvalue weighted by Crippen LogP contribution is -2.27. The van der Waals surface area contributed by atoms with Gasteiger partial charge in [0.25, 0.3) is 0 Å². The van der Waals surface area contributed by atoms with Crippen LogP contribution in [-0.4, -0.2) is 37.1 Å². The van der Waals surface area contributed by atoms with Crippen LogP contribution in [0, 0.1) is 5.82 Å². The van der Waals surface area contributed by atoms with E-state index in [2.05, 4.69) is 15.2 Å². The molecule has 78 valence electrons. The van der Waals surface area contributed by atoms with Gasteiger partial charge in [-0.3, -0.25) is 9.88 Å². The highest BCUT2D eigenvalue weighted by Crippen LogP contribution is 2.00. The van der Waals surface area contributed by atoms with Gasteiger partial charge >= 0.3 is 0 Å². The van der Waals surface area contributed by atoms with Crippen molar-refractivity contribution in [2.24, 2.45) is 0 Å². The first-order chi connectivity index (χ1) is 6.72. The number of hydrogen-bond acceptors (Lipinski definition) is 3. The van der Waals surface area contributed by atoms with Crippen molar-refractivity contribution in [3.05, 3.63) is 29.8 Å². The third-order valence-corrected chi connectivity index (χ3v) is 1.96. The Balaban J connectivity index is 2.39.